The highest BCUT2D eigenvalue weighted by Gasteiger charge is 2.31. The highest BCUT2D eigenvalue weighted by molar-refractivity contribution is 7.92. The molecule has 2 atom stereocenters. The molecule has 0 fully saturated rings. The van der Waals surface area contributed by atoms with Crippen LogP contribution in [0.5, 0.6) is 0 Å². The summed E-state index contributed by atoms with van der Waals surface area (Å²) in [5.41, 5.74) is 2.16. The molecule has 0 aliphatic carbocycles. The number of carbonyl (C=O) groups excluding carboxylic acids is 2. The lowest BCUT2D eigenvalue weighted by molar-refractivity contribution is -0.139. The van der Waals surface area contributed by atoms with E-state index in [4.69, 9.17) is 0 Å². The highest BCUT2D eigenvalue weighted by Crippen LogP contribution is 2.29. The van der Waals surface area contributed by atoms with Gasteiger partial charge in [-0.15, -0.1) is 0 Å². The van der Waals surface area contributed by atoms with Gasteiger partial charge in [0.1, 0.15) is 12.6 Å². The Morgan fingerprint density at radius 2 is 1.53 bits per heavy atom. The van der Waals surface area contributed by atoms with Gasteiger partial charge in [0, 0.05) is 12.6 Å². The Morgan fingerprint density at radius 3 is 2.09 bits per heavy atom. The predicted octanol–water partition coefficient (Wildman–Crippen LogP) is 3.91. The number of rotatable bonds is 11. The van der Waals surface area contributed by atoms with Crippen molar-refractivity contribution in [2.24, 2.45) is 0 Å². The first-order chi connectivity index (χ1) is 16.0. The van der Waals surface area contributed by atoms with E-state index in [1.165, 1.54) is 4.90 Å². The van der Waals surface area contributed by atoms with Crippen molar-refractivity contribution in [3.8, 4) is 0 Å². The number of nitrogens with one attached hydrogen (secondary N) is 1. The Labute approximate surface area is 204 Å². The maximum Gasteiger partial charge on any atom is 0.244 e. The topological polar surface area (TPSA) is 86.8 Å². The Kier molecular flexibility index (Phi) is 9.67. The summed E-state index contributed by atoms with van der Waals surface area (Å²) in [6.45, 7) is 9.30. The fourth-order valence-corrected chi connectivity index (χ4v) is 4.49. The average molecular weight is 488 g/mol. The minimum absolute atomic E-state index is 0.0333. The molecule has 0 radical (unpaired) electrons. The molecule has 2 amide bonds. The summed E-state index contributed by atoms with van der Waals surface area (Å²) < 4.78 is 26.7. The molecule has 0 aliphatic heterocycles. The normalized spacial score (nSPS) is 13.3. The summed E-state index contributed by atoms with van der Waals surface area (Å²) in [7, 11) is -3.76. The van der Waals surface area contributed by atoms with Crippen LogP contribution in [0.2, 0.25) is 0 Å². The van der Waals surface area contributed by atoms with E-state index in [2.05, 4.69) is 5.32 Å². The standard InChI is InChI=1S/C26H37N3O4S/c1-7-20(4)27-26(31)21(5)28(17-22-13-9-8-10-14-22)25(30)18-29(34(6,32)33)24-16-12-11-15-23(24)19(2)3/h8-16,19-21H,7,17-18H2,1-6H3,(H,27,31). The van der Waals surface area contributed by atoms with Crippen molar-refractivity contribution in [2.45, 2.75) is 65.6 Å². The number of benzene rings is 2. The van der Waals surface area contributed by atoms with E-state index in [1.54, 1.807) is 19.1 Å². The summed E-state index contributed by atoms with van der Waals surface area (Å²) in [5, 5.41) is 2.93. The first-order valence-corrected chi connectivity index (χ1v) is 13.5. The number of sulfonamides is 1. The minimum Gasteiger partial charge on any atom is -0.352 e. The fourth-order valence-electron chi connectivity index (χ4n) is 3.63. The summed E-state index contributed by atoms with van der Waals surface area (Å²) >= 11 is 0. The third-order valence-electron chi connectivity index (χ3n) is 5.87. The van der Waals surface area contributed by atoms with E-state index >= 15 is 0 Å². The molecule has 0 heterocycles. The lowest BCUT2D eigenvalue weighted by atomic mass is 10.0. The quantitative estimate of drug-likeness (QED) is 0.521. The Balaban J connectivity index is 2.42. The number of para-hydroxylation sites is 1. The maximum absolute atomic E-state index is 13.6. The van der Waals surface area contributed by atoms with E-state index in [9.17, 15) is 18.0 Å². The molecule has 8 heteroatoms. The maximum atomic E-state index is 13.6. The first-order valence-electron chi connectivity index (χ1n) is 11.7. The zero-order valence-corrected chi connectivity index (χ0v) is 21.8. The van der Waals surface area contributed by atoms with Gasteiger partial charge in [0.15, 0.2) is 0 Å². The van der Waals surface area contributed by atoms with Gasteiger partial charge in [-0.05, 0) is 43.4 Å². The summed E-state index contributed by atoms with van der Waals surface area (Å²) in [5.74, 6) is -0.650. The summed E-state index contributed by atoms with van der Waals surface area (Å²) in [4.78, 5) is 28.0. The average Bonchev–Trinajstić information content (AvgIpc) is 2.80. The molecule has 2 aromatic rings. The third kappa shape index (κ3) is 7.32. The van der Waals surface area contributed by atoms with E-state index in [-0.39, 0.29) is 24.4 Å². The Hall–Kier alpha value is -2.87. The van der Waals surface area contributed by atoms with Crippen LogP contribution in [0.15, 0.2) is 54.6 Å². The van der Waals surface area contributed by atoms with Gasteiger partial charge in [-0.3, -0.25) is 13.9 Å². The van der Waals surface area contributed by atoms with Crippen molar-refractivity contribution in [3.63, 3.8) is 0 Å². The molecule has 0 aromatic heterocycles. The summed E-state index contributed by atoms with van der Waals surface area (Å²) in [6, 6.07) is 15.7. The van der Waals surface area contributed by atoms with E-state index < -0.39 is 28.5 Å². The molecule has 2 rings (SSSR count). The van der Waals surface area contributed by atoms with Gasteiger partial charge in [0.05, 0.1) is 11.9 Å². The van der Waals surface area contributed by atoms with E-state index in [1.807, 2.05) is 70.2 Å². The van der Waals surface area contributed by atoms with Crippen LogP contribution >= 0.6 is 0 Å². The zero-order valence-electron chi connectivity index (χ0n) is 21.0. The third-order valence-corrected chi connectivity index (χ3v) is 7.00. The molecule has 34 heavy (non-hydrogen) atoms. The Morgan fingerprint density at radius 1 is 0.941 bits per heavy atom. The van der Waals surface area contributed by atoms with Crippen LogP contribution in [0.1, 0.15) is 58.1 Å². The summed E-state index contributed by atoms with van der Waals surface area (Å²) in [6.07, 6.45) is 1.86. The molecule has 7 nitrogen and oxygen atoms in total. The molecule has 0 saturated carbocycles. The van der Waals surface area contributed by atoms with Crippen molar-refractivity contribution >= 4 is 27.5 Å². The molecule has 0 spiro atoms. The highest BCUT2D eigenvalue weighted by atomic mass is 32.2. The van der Waals surface area contributed by atoms with E-state index in [0.29, 0.717) is 5.69 Å². The molecule has 0 bridgehead atoms. The fraction of sp³-hybridized carbons (Fsp3) is 0.462. The number of anilines is 1. The number of amides is 2. The van der Waals surface area contributed by atoms with Crippen LogP contribution < -0.4 is 9.62 Å². The van der Waals surface area contributed by atoms with Crippen molar-refractivity contribution in [2.75, 3.05) is 17.1 Å². The lowest BCUT2D eigenvalue weighted by Crippen LogP contribution is -2.52. The van der Waals surface area contributed by atoms with Gasteiger partial charge in [-0.1, -0.05) is 69.3 Å². The Bertz CT molecular complexity index is 1070. The van der Waals surface area contributed by atoms with Gasteiger partial charge < -0.3 is 10.2 Å². The molecule has 2 aromatic carbocycles. The van der Waals surface area contributed by atoms with Gasteiger partial charge in [0.25, 0.3) is 0 Å². The van der Waals surface area contributed by atoms with Crippen LogP contribution in [-0.4, -0.2) is 50.0 Å². The van der Waals surface area contributed by atoms with Gasteiger partial charge in [0.2, 0.25) is 21.8 Å². The van der Waals surface area contributed by atoms with Crippen LogP contribution in [0.3, 0.4) is 0 Å². The van der Waals surface area contributed by atoms with Crippen LogP contribution in [0.25, 0.3) is 0 Å². The smallest absolute Gasteiger partial charge is 0.244 e. The largest absolute Gasteiger partial charge is 0.352 e. The predicted molar refractivity (Wildman–Crippen MR) is 137 cm³/mol. The molecule has 2 unspecified atom stereocenters. The zero-order chi connectivity index (χ0) is 25.5. The van der Waals surface area contributed by atoms with Crippen LogP contribution in [-0.2, 0) is 26.2 Å². The van der Waals surface area contributed by atoms with Crippen molar-refractivity contribution in [1.29, 1.82) is 0 Å². The van der Waals surface area contributed by atoms with Crippen molar-refractivity contribution in [1.82, 2.24) is 10.2 Å². The van der Waals surface area contributed by atoms with Crippen LogP contribution in [0, 0.1) is 0 Å². The number of hydrogen-bond donors (Lipinski definition) is 1. The second kappa shape index (κ2) is 12.0. The van der Waals surface area contributed by atoms with Gasteiger partial charge in [-0.2, -0.15) is 0 Å². The SMILES string of the molecule is CCC(C)NC(=O)C(C)N(Cc1ccccc1)C(=O)CN(c1ccccc1C(C)C)S(C)(=O)=O. The number of carbonyl (C=O) groups is 2. The van der Waals surface area contributed by atoms with Gasteiger partial charge in [-0.25, -0.2) is 8.42 Å². The molecule has 186 valence electrons. The first kappa shape index (κ1) is 27.4. The molecular formula is C26H37N3O4S. The van der Waals surface area contributed by atoms with Crippen LogP contribution in [0.4, 0.5) is 5.69 Å². The molecular weight excluding hydrogens is 450 g/mol. The second-order valence-electron chi connectivity index (χ2n) is 8.98. The van der Waals surface area contributed by atoms with E-state index in [0.717, 1.165) is 28.1 Å². The number of nitrogens with zero attached hydrogens (tertiary/aromatic N) is 2. The monoisotopic (exact) mass is 487 g/mol. The van der Waals surface area contributed by atoms with Gasteiger partial charge >= 0.3 is 0 Å². The molecule has 0 aliphatic rings. The second-order valence-corrected chi connectivity index (χ2v) is 10.9. The molecule has 1 N–H and O–H groups in total. The van der Waals surface area contributed by atoms with Crippen molar-refractivity contribution in [3.05, 3.63) is 65.7 Å². The minimum atomic E-state index is -3.76. The molecule has 0 saturated heterocycles. The number of hydrogen-bond acceptors (Lipinski definition) is 4. The lowest BCUT2D eigenvalue weighted by Gasteiger charge is -2.32. The van der Waals surface area contributed by atoms with Crippen molar-refractivity contribution < 1.29 is 18.0 Å².